The first-order valence-electron chi connectivity index (χ1n) is 10.1. The molecule has 2 N–H and O–H groups in total. The number of nitrogens with zero attached hydrogens (tertiary/aromatic N) is 2. The Morgan fingerprint density at radius 1 is 1.25 bits per heavy atom. The van der Waals surface area contributed by atoms with E-state index >= 15 is 0 Å². The zero-order chi connectivity index (χ0) is 19.8. The fourth-order valence-electron chi connectivity index (χ4n) is 3.35. The molecule has 6 heteroatoms. The van der Waals surface area contributed by atoms with E-state index in [0.717, 1.165) is 37.6 Å². The van der Waals surface area contributed by atoms with Gasteiger partial charge in [-0.1, -0.05) is 37.3 Å². The first-order chi connectivity index (χ1) is 13.7. The Bertz CT molecular complexity index is 788. The normalized spacial score (nSPS) is 15.7. The highest BCUT2D eigenvalue weighted by molar-refractivity contribution is 7.10. The van der Waals surface area contributed by atoms with E-state index in [1.54, 1.807) is 11.3 Å². The second kappa shape index (κ2) is 10.3. The molecule has 0 saturated carbocycles. The molecule has 150 valence electrons. The van der Waals surface area contributed by atoms with Gasteiger partial charge in [0.15, 0.2) is 5.96 Å². The maximum atomic E-state index is 11.9. The number of aliphatic imine (C=N–C) groups is 1. The smallest absolute Gasteiger partial charge is 0.222 e. The van der Waals surface area contributed by atoms with Crippen LogP contribution in [0.2, 0.25) is 0 Å². The molecule has 1 fully saturated rings. The van der Waals surface area contributed by atoms with E-state index in [2.05, 4.69) is 66.3 Å². The number of likely N-dealkylation sites (tertiary alicyclic amines) is 1. The second-order valence-corrected chi connectivity index (χ2v) is 8.21. The van der Waals surface area contributed by atoms with Crippen molar-refractivity contribution in [1.29, 1.82) is 0 Å². The van der Waals surface area contributed by atoms with E-state index in [4.69, 9.17) is 4.99 Å². The van der Waals surface area contributed by atoms with Crippen LogP contribution in [0.15, 0.2) is 46.8 Å². The van der Waals surface area contributed by atoms with Crippen molar-refractivity contribution >= 4 is 23.2 Å². The summed E-state index contributed by atoms with van der Waals surface area (Å²) in [4.78, 5) is 19.9. The number of amides is 1. The summed E-state index contributed by atoms with van der Waals surface area (Å²) >= 11 is 1.79. The Morgan fingerprint density at radius 2 is 2.11 bits per heavy atom. The molecule has 1 aromatic carbocycles. The number of carbonyl (C=O) groups excluding carboxylic acids is 1. The van der Waals surface area contributed by atoms with Crippen molar-refractivity contribution in [2.75, 3.05) is 19.6 Å². The lowest BCUT2D eigenvalue weighted by molar-refractivity contribution is -0.128. The SMILES string of the molecule is CCNC(=NCc1cccc(CN2CCCC2=O)c1)NCC(C)c1cccs1. The van der Waals surface area contributed by atoms with E-state index in [0.29, 0.717) is 25.4 Å². The van der Waals surface area contributed by atoms with Gasteiger partial charge in [-0.15, -0.1) is 11.3 Å². The Morgan fingerprint density at radius 3 is 2.82 bits per heavy atom. The number of hydrogen-bond donors (Lipinski definition) is 2. The molecule has 1 amide bonds. The molecule has 5 nitrogen and oxygen atoms in total. The molecule has 1 aromatic heterocycles. The van der Waals surface area contributed by atoms with Gasteiger partial charge < -0.3 is 15.5 Å². The molecule has 1 atom stereocenters. The number of hydrogen-bond acceptors (Lipinski definition) is 3. The Hall–Kier alpha value is -2.34. The van der Waals surface area contributed by atoms with Crippen LogP contribution in [-0.4, -0.2) is 36.4 Å². The third kappa shape index (κ3) is 5.83. The maximum Gasteiger partial charge on any atom is 0.222 e. The summed E-state index contributed by atoms with van der Waals surface area (Å²) in [5.41, 5.74) is 2.33. The van der Waals surface area contributed by atoms with Crippen LogP contribution >= 0.6 is 11.3 Å². The summed E-state index contributed by atoms with van der Waals surface area (Å²) < 4.78 is 0. The molecule has 2 heterocycles. The summed E-state index contributed by atoms with van der Waals surface area (Å²) in [6, 6.07) is 12.7. The molecule has 3 rings (SSSR count). The molecule has 1 aliphatic rings. The standard InChI is InChI=1S/C22H30N4OS/c1-3-23-22(24-14-17(2)20-9-6-12-28-20)25-15-18-7-4-8-19(13-18)16-26-11-5-10-21(26)27/h4,6-9,12-13,17H,3,5,10-11,14-16H2,1-2H3,(H2,23,24,25). The Kier molecular flexibility index (Phi) is 7.48. The average molecular weight is 399 g/mol. The average Bonchev–Trinajstić information content (AvgIpc) is 3.37. The minimum Gasteiger partial charge on any atom is -0.357 e. The lowest BCUT2D eigenvalue weighted by Crippen LogP contribution is -2.39. The van der Waals surface area contributed by atoms with Crippen molar-refractivity contribution in [2.24, 2.45) is 4.99 Å². The third-order valence-electron chi connectivity index (χ3n) is 4.90. The molecule has 0 aliphatic carbocycles. The molecule has 0 spiro atoms. The number of guanidine groups is 1. The zero-order valence-electron chi connectivity index (χ0n) is 16.8. The van der Waals surface area contributed by atoms with Gasteiger partial charge in [-0.3, -0.25) is 4.79 Å². The van der Waals surface area contributed by atoms with E-state index in [1.165, 1.54) is 10.4 Å². The van der Waals surface area contributed by atoms with E-state index in [1.807, 2.05) is 4.90 Å². The van der Waals surface area contributed by atoms with Gasteiger partial charge in [0.1, 0.15) is 0 Å². The molecule has 28 heavy (non-hydrogen) atoms. The summed E-state index contributed by atoms with van der Waals surface area (Å²) in [6.45, 7) is 8.18. The van der Waals surface area contributed by atoms with Crippen LogP contribution in [0.25, 0.3) is 0 Å². The van der Waals surface area contributed by atoms with Gasteiger partial charge in [0, 0.05) is 43.4 Å². The molecule has 1 aliphatic heterocycles. The van der Waals surface area contributed by atoms with Gasteiger partial charge in [-0.05, 0) is 35.9 Å². The van der Waals surface area contributed by atoms with Crippen LogP contribution in [0.3, 0.4) is 0 Å². The monoisotopic (exact) mass is 398 g/mol. The second-order valence-electron chi connectivity index (χ2n) is 7.23. The predicted molar refractivity (Wildman–Crippen MR) is 117 cm³/mol. The molecule has 0 bridgehead atoms. The lowest BCUT2D eigenvalue weighted by atomic mass is 10.1. The number of thiophene rings is 1. The van der Waals surface area contributed by atoms with Gasteiger partial charge in [0.05, 0.1) is 6.54 Å². The highest BCUT2D eigenvalue weighted by Crippen LogP contribution is 2.19. The van der Waals surface area contributed by atoms with Crippen LogP contribution in [0.1, 0.15) is 48.6 Å². The summed E-state index contributed by atoms with van der Waals surface area (Å²) in [6.07, 6.45) is 1.66. The molecular weight excluding hydrogens is 368 g/mol. The Balaban J connectivity index is 1.57. The van der Waals surface area contributed by atoms with Crippen molar-refractivity contribution in [1.82, 2.24) is 15.5 Å². The number of nitrogens with one attached hydrogen (secondary N) is 2. The van der Waals surface area contributed by atoms with Gasteiger partial charge >= 0.3 is 0 Å². The van der Waals surface area contributed by atoms with Gasteiger partial charge in [-0.25, -0.2) is 4.99 Å². The number of benzene rings is 1. The fourth-order valence-corrected chi connectivity index (χ4v) is 4.14. The highest BCUT2D eigenvalue weighted by atomic mass is 32.1. The van der Waals surface area contributed by atoms with Crippen molar-refractivity contribution in [3.8, 4) is 0 Å². The van der Waals surface area contributed by atoms with Crippen molar-refractivity contribution in [3.63, 3.8) is 0 Å². The van der Waals surface area contributed by atoms with Crippen LogP contribution in [0, 0.1) is 0 Å². The first-order valence-corrected chi connectivity index (χ1v) is 10.9. The molecule has 1 unspecified atom stereocenters. The van der Waals surface area contributed by atoms with Gasteiger partial charge in [-0.2, -0.15) is 0 Å². The number of rotatable bonds is 8. The van der Waals surface area contributed by atoms with Crippen LogP contribution in [-0.2, 0) is 17.9 Å². The van der Waals surface area contributed by atoms with E-state index in [-0.39, 0.29) is 5.91 Å². The lowest BCUT2D eigenvalue weighted by Gasteiger charge is -2.16. The maximum absolute atomic E-state index is 11.9. The van der Waals surface area contributed by atoms with Crippen molar-refractivity contribution in [3.05, 3.63) is 57.8 Å². The predicted octanol–water partition coefficient (Wildman–Crippen LogP) is 3.73. The summed E-state index contributed by atoms with van der Waals surface area (Å²) in [5, 5.41) is 8.89. The summed E-state index contributed by atoms with van der Waals surface area (Å²) in [5.74, 6) is 1.55. The number of carbonyl (C=O) groups is 1. The molecule has 2 aromatic rings. The highest BCUT2D eigenvalue weighted by Gasteiger charge is 2.19. The first kappa shape index (κ1) is 20.4. The molecule has 0 radical (unpaired) electrons. The van der Waals surface area contributed by atoms with Crippen molar-refractivity contribution < 1.29 is 4.79 Å². The van der Waals surface area contributed by atoms with Crippen molar-refractivity contribution in [2.45, 2.75) is 45.7 Å². The topological polar surface area (TPSA) is 56.7 Å². The summed E-state index contributed by atoms with van der Waals surface area (Å²) in [7, 11) is 0. The Labute approximate surface area is 171 Å². The van der Waals surface area contributed by atoms with E-state index < -0.39 is 0 Å². The minimum atomic E-state index is 0.266. The third-order valence-corrected chi connectivity index (χ3v) is 6.01. The van der Waals surface area contributed by atoms with E-state index in [9.17, 15) is 4.79 Å². The van der Waals surface area contributed by atoms with Gasteiger partial charge in [0.2, 0.25) is 5.91 Å². The van der Waals surface area contributed by atoms with Crippen LogP contribution < -0.4 is 10.6 Å². The zero-order valence-corrected chi connectivity index (χ0v) is 17.6. The molecule has 1 saturated heterocycles. The van der Waals surface area contributed by atoms with Crippen LogP contribution in [0.5, 0.6) is 0 Å². The quantitative estimate of drug-likeness (QED) is 0.526. The fraction of sp³-hybridized carbons (Fsp3) is 0.455. The molecular formula is C22H30N4OS. The minimum absolute atomic E-state index is 0.266. The van der Waals surface area contributed by atoms with Crippen LogP contribution in [0.4, 0.5) is 0 Å². The van der Waals surface area contributed by atoms with Gasteiger partial charge in [0.25, 0.3) is 0 Å². The largest absolute Gasteiger partial charge is 0.357 e.